The van der Waals surface area contributed by atoms with E-state index in [9.17, 15) is 4.79 Å². The molecule has 3 aromatic rings. The fourth-order valence-electron chi connectivity index (χ4n) is 3.91. The van der Waals surface area contributed by atoms with E-state index in [-0.39, 0.29) is 11.9 Å². The first-order chi connectivity index (χ1) is 14.7. The average Bonchev–Trinajstić information content (AvgIpc) is 3.35. The van der Waals surface area contributed by atoms with Crippen molar-refractivity contribution in [1.82, 2.24) is 25.0 Å². The van der Waals surface area contributed by atoms with E-state index < -0.39 is 0 Å². The summed E-state index contributed by atoms with van der Waals surface area (Å²) in [6.07, 6.45) is 6.79. The normalized spacial score (nSPS) is 15.5. The van der Waals surface area contributed by atoms with E-state index in [0.29, 0.717) is 12.1 Å². The smallest absolute Gasteiger partial charge is 0.251 e. The van der Waals surface area contributed by atoms with Gasteiger partial charge in [-0.25, -0.2) is 9.67 Å². The van der Waals surface area contributed by atoms with Gasteiger partial charge in [0.2, 0.25) is 0 Å². The Hall–Kier alpha value is -3.19. The number of likely N-dealkylation sites (tertiary alicyclic amines) is 1. The average molecular weight is 406 g/mol. The molecule has 1 atom stereocenters. The lowest BCUT2D eigenvalue weighted by molar-refractivity contribution is 0.0924. The maximum atomic E-state index is 12.8. The van der Waals surface area contributed by atoms with E-state index in [0.717, 1.165) is 24.5 Å². The van der Waals surface area contributed by atoms with E-state index in [2.05, 4.69) is 32.4 Å². The highest BCUT2D eigenvalue weighted by Crippen LogP contribution is 2.26. The van der Waals surface area contributed by atoms with Crippen LogP contribution in [-0.2, 0) is 0 Å². The second kappa shape index (κ2) is 9.54. The van der Waals surface area contributed by atoms with E-state index in [1.807, 2.05) is 36.4 Å². The number of hydrogen-bond donors (Lipinski definition) is 1. The fraction of sp³-hybridized carbons (Fsp3) is 0.348. The van der Waals surface area contributed by atoms with Gasteiger partial charge in [-0.3, -0.25) is 9.69 Å². The van der Waals surface area contributed by atoms with Gasteiger partial charge < -0.3 is 10.1 Å². The Bertz CT molecular complexity index is 933. The minimum absolute atomic E-state index is 0.0735. The van der Waals surface area contributed by atoms with Crippen molar-refractivity contribution < 1.29 is 9.53 Å². The van der Waals surface area contributed by atoms with Crippen molar-refractivity contribution in [3.8, 4) is 11.4 Å². The first kappa shape index (κ1) is 20.1. The molecular formula is C23H27N5O2. The van der Waals surface area contributed by atoms with Crippen LogP contribution < -0.4 is 10.1 Å². The molecule has 7 heteroatoms. The minimum atomic E-state index is -0.0735. The number of aromatic nitrogens is 3. The monoisotopic (exact) mass is 405 g/mol. The summed E-state index contributed by atoms with van der Waals surface area (Å²) >= 11 is 0. The third kappa shape index (κ3) is 4.68. The molecule has 1 saturated heterocycles. The molecule has 30 heavy (non-hydrogen) atoms. The Kier molecular flexibility index (Phi) is 6.39. The summed E-state index contributed by atoms with van der Waals surface area (Å²) in [5.74, 6) is 0.767. The molecule has 1 N–H and O–H groups in total. The number of benzene rings is 2. The maximum Gasteiger partial charge on any atom is 0.251 e. The lowest BCUT2D eigenvalue weighted by Crippen LogP contribution is -2.40. The Balaban J connectivity index is 1.45. The molecular weight excluding hydrogens is 378 g/mol. The number of ether oxygens (including phenoxy) is 1. The molecule has 156 valence electrons. The molecule has 1 fully saturated rings. The van der Waals surface area contributed by atoms with Gasteiger partial charge in [-0.15, -0.1) is 0 Å². The van der Waals surface area contributed by atoms with Gasteiger partial charge in [-0.2, -0.15) is 5.10 Å². The highest BCUT2D eigenvalue weighted by atomic mass is 16.5. The number of carbonyl (C=O) groups is 1. The summed E-state index contributed by atoms with van der Waals surface area (Å²) in [5.41, 5.74) is 2.69. The molecule has 0 bridgehead atoms. The van der Waals surface area contributed by atoms with Crippen LogP contribution in [0.1, 0.15) is 41.2 Å². The highest BCUT2D eigenvalue weighted by Gasteiger charge is 2.23. The molecule has 0 radical (unpaired) electrons. The maximum absolute atomic E-state index is 12.8. The number of amides is 1. The number of piperidine rings is 1. The van der Waals surface area contributed by atoms with Crippen molar-refractivity contribution in [3.63, 3.8) is 0 Å². The van der Waals surface area contributed by atoms with Crippen LogP contribution in [0.2, 0.25) is 0 Å². The van der Waals surface area contributed by atoms with Gasteiger partial charge in [0.1, 0.15) is 18.4 Å². The number of nitrogens with one attached hydrogen (secondary N) is 1. The fourth-order valence-corrected chi connectivity index (χ4v) is 3.91. The van der Waals surface area contributed by atoms with Crippen LogP contribution in [0, 0.1) is 0 Å². The lowest BCUT2D eigenvalue weighted by Gasteiger charge is -2.35. The molecule has 7 nitrogen and oxygen atoms in total. The Morgan fingerprint density at radius 3 is 2.43 bits per heavy atom. The van der Waals surface area contributed by atoms with Crippen molar-refractivity contribution >= 4 is 5.91 Å². The Morgan fingerprint density at radius 1 is 1.07 bits per heavy atom. The number of methoxy groups -OCH3 is 1. The number of hydrogen-bond acceptors (Lipinski definition) is 5. The summed E-state index contributed by atoms with van der Waals surface area (Å²) in [6, 6.07) is 15.7. The van der Waals surface area contributed by atoms with Crippen molar-refractivity contribution in [2.45, 2.75) is 25.3 Å². The minimum Gasteiger partial charge on any atom is -0.497 e. The van der Waals surface area contributed by atoms with Crippen molar-refractivity contribution in [2.75, 3.05) is 26.7 Å². The predicted molar refractivity (Wildman–Crippen MR) is 115 cm³/mol. The molecule has 0 spiro atoms. The second-order valence-corrected chi connectivity index (χ2v) is 7.48. The molecule has 0 saturated carbocycles. The first-order valence-corrected chi connectivity index (χ1v) is 10.4. The summed E-state index contributed by atoms with van der Waals surface area (Å²) in [4.78, 5) is 19.2. The third-order valence-corrected chi connectivity index (χ3v) is 5.60. The highest BCUT2D eigenvalue weighted by molar-refractivity contribution is 5.94. The van der Waals surface area contributed by atoms with Gasteiger partial charge in [0.15, 0.2) is 0 Å². The number of rotatable bonds is 7. The summed E-state index contributed by atoms with van der Waals surface area (Å²) in [7, 11) is 1.67. The zero-order valence-electron chi connectivity index (χ0n) is 17.2. The van der Waals surface area contributed by atoms with Crippen LogP contribution in [0.15, 0.2) is 61.2 Å². The zero-order chi connectivity index (χ0) is 20.8. The number of carbonyl (C=O) groups excluding carboxylic acids is 1. The summed E-state index contributed by atoms with van der Waals surface area (Å²) < 4.78 is 6.96. The first-order valence-electron chi connectivity index (χ1n) is 10.4. The van der Waals surface area contributed by atoms with Crippen LogP contribution in [0.25, 0.3) is 5.69 Å². The molecule has 0 aliphatic carbocycles. The van der Waals surface area contributed by atoms with Crippen LogP contribution in [-0.4, -0.2) is 52.3 Å². The van der Waals surface area contributed by atoms with Crippen molar-refractivity contribution in [3.05, 3.63) is 72.3 Å². The zero-order valence-corrected chi connectivity index (χ0v) is 17.2. The largest absolute Gasteiger partial charge is 0.497 e. The van der Waals surface area contributed by atoms with Crippen molar-refractivity contribution in [2.24, 2.45) is 0 Å². The SMILES string of the molecule is COc1ccc(C(CNC(=O)c2ccc(-n3cncn3)cc2)N2CCCCC2)cc1. The van der Waals surface area contributed by atoms with Gasteiger partial charge in [0.25, 0.3) is 5.91 Å². The number of nitrogens with zero attached hydrogens (tertiary/aromatic N) is 4. The molecule has 1 aliphatic heterocycles. The van der Waals surface area contributed by atoms with E-state index in [1.54, 1.807) is 18.1 Å². The van der Waals surface area contributed by atoms with Crippen LogP contribution in [0.3, 0.4) is 0 Å². The van der Waals surface area contributed by atoms with E-state index in [4.69, 9.17) is 4.74 Å². The predicted octanol–water partition coefficient (Wildman–Crippen LogP) is 3.23. The van der Waals surface area contributed by atoms with Gasteiger partial charge in [0, 0.05) is 12.1 Å². The van der Waals surface area contributed by atoms with Crippen LogP contribution in [0.5, 0.6) is 5.75 Å². The molecule has 2 aromatic carbocycles. The van der Waals surface area contributed by atoms with Gasteiger partial charge in [-0.05, 0) is 67.9 Å². The second-order valence-electron chi connectivity index (χ2n) is 7.48. The summed E-state index contributed by atoms with van der Waals surface area (Å²) in [5, 5.41) is 7.24. The topological polar surface area (TPSA) is 72.3 Å². The molecule has 2 heterocycles. The third-order valence-electron chi connectivity index (χ3n) is 5.60. The molecule has 1 aromatic heterocycles. The molecule has 1 amide bonds. The van der Waals surface area contributed by atoms with Crippen LogP contribution >= 0.6 is 0 Å². The van der Waals surface area contributed by atoms with Gasteiger partial charge in [-0.1, -0.05) is 18.6 Å². The van der Waals surface area contributed by atoms with Crippen molar-refractivity contribution in [1.29, 1.82) is 0 Å². The Morgan fingerprint density at radius 2 is 1.80 bits per heavy atom. The molecule has 1 aliphatic rings. The quantitative estimate of drug-likeness (QED) is 0.653. The molecule has 1 unspecified atom stereocenters. The van der Waals surface area contributed by atoms with E-state index in [1.165, 1.54) is 31.2 Å². The van der Waals surface area contributed by atoms with Crippen LogP contribution in [0.4, 0.5) is 0 Å². The van der Waals surface area contributed by atoms with Gasteiger partial charge in [0.05, 0.1) is 18.8 Å². The molecule has 4 rings (SSSR count). The van der Waals surface area contributed by atoms with Gasteiger partial charge >= 0.3 is 0 Å². The van der Waals surface area contributed by atoms with E-state index >= 15 is 0 Å². The standard InChI is InChI=1S/C23H27N5O2/c1-30-21-11-7-18(8-12-21)22(27-13-3-2-4-14-27)15-25-23(29)19-5-9-20(10-6-19)28-17-24-16-26-28/h5-12,16-17,22H,2-4,13-15H2,1H3,(H,25,29). The lowest BCUT2D eigenvalue weighted by atomic mass is 10.0. The summed E-state index contributed by atoms with van der Waals surface area (Å²) in [6.45, 7) is 2.67. The Labute approximate surface area is 176 Å².